The number of hydrogen-bond acceptors (Lipinski definition) is 9. The third-order valence-corrected chi connectivity index (χ3v) is 7.67. The standard InChI is InChI=1S/C26H32IN5O8S2/c1-39-22(33)13-11-20(24(35)29-15-16-3-5-17(27)6-4-16)31-25(36)21(12-14-23(34)40-2)32-26(41)30-18-7-9-19(10-8-18)42(28,37)38/h3-10,20-21H,11-15H2,1-2H3,(H,29,35)(H,31,36)(H2,28,37,38)(H2,30,32,41)/t20?,21-/m0/s1. The number of halogens is 1. The lowest BCUT2D eigenvalue weighted by Crippen LogP contribution is -2.54. The molecule has 2 aromatic rings. The molecule has 0 aromatic heterocycles. The highest BCUT2D eigenvalue weighted by atomic mass is 127. The van der Waals surface area contributed by atoms with E-state index in [0.29, 0.717) is 5.69 Å². The van der Waals surface area contributed by atoms with E-state index in [1.807, 2.05) is 24.3 Å². The largest absolute Gasteiger partial charge is 0.469 e. The molecule has 16 heteroatoms. The second kappa shape index (κ2) is 16.9. The highest BCUT2D eigenvalue weighted by Crippen LogP contribution is 2.13. The summed E-state index contributed by atoms with van der Waals surface area (Å²) in [6.45, 7) is 0.197. The van der Waals surface area contributed by atoms with Gasteiger partial charge in [0, 0.05) is 28.6 Å². The number of amides is 2. The van der Waals surface area contributed by atoms with Crippen LogP contribution in [-0.4, -0.2) is 63.6 Å². The molecule has 6 N–H and O–H groups in total. The Bertz CT molecular complexity index is 1370. The maximum atomic E-state index is 13.3. The lowest BCUT2D eigenvalue weighted by molar-refractivity contribution is -0.142. The summed E-state index contributed by atoms with van der Waals surface area (Å²) in [5, 5.41) is 16.1. The number of nitrogens with one attached hydrogen (secondary N) is 4. The van der Waals surface area contributed by atoms with Crippen molar-refractivity contribution < 1.29 is 37.1 Å². The predicted octanol–water partition coefficient (Wildman–Crippen LogP) is 1.30. The number of methoxy groups -OCH3 is 2. The molecule has 0 saturated heterocycles. The first kappa shape index (κ1) is 34.8. The Morgan fingerprint density at radius 3 is 1.88 bits per heavy atom. The number of rotatable bonds is 14. The molecule has 0 saturated carbocycles. The number of nitrogens with two attached hydrogens (primary N) is 1. The Balaban J connectivity index is 2.15. The van der Waals surface area contributed by atoms with Gasteiger partial charge in [-0.15, -0.1) is 0 Å². The summed E-state index contributed by atoms with van der Waals surface area (Å²) in [6.07, 6.45) is -0.356. The van der Waals surface area contributed by atoms with Crippen molar-refractivity contribution in [3.63, 3.8) is 0 Å². The van der Waals surface area contributed by atoms with E-state index in [4.69, 9.17) is 17.4 Å². The molecule has 2 amide bonds. The van der Waals surface area contributed by atoms with E-state index in [2.05, 4.69) is 53.3 Å². The Labute approximate surface area is 262 Å². The minimum Gasteiger partial charge on any atom is -0.469 e. The molecule has 0 aliphatic rings. The number of thiocarbonyl (C=S) groups is 1. The first-order valence-corrected chi connectivity index (χ1v) is 15.5. The molecule has 1 unspecified atom stereocenters. The van der Waals surface area contributed by atoms with Gasteiger partial charge in [0.15, 0.2) is 5.11 Å². The fourth-order valence-corrected chi connectivity index (χ4v) is 4.64. The van der Waals surface area contributed by atoms with Crippen molar-refractivity contribution in [2.75, 3.05) is 19.5 Å². The molecule has 2 atom stereocenters. The number of carbonyl (C=O) groups is 4. The topological polar surface area (TPSA) is 195 Å². The van der Waals surface area contributed by atoms with Crippen LogP contribution >= 0.6 is 34.8 Å². The first-order valence-electron chi connectivity index (χ1n) is 12.5. The highest BCUT2D eigenvalue weighted by molar-refractivity contribution is 14.1. The van der Waals surface area contributed by atoms with Crippen LogP contribution in [0.15, 0.2) is 53.4 Å². The lowest BCUT2D eigenvalue weighted by atomic mass is 10.1. The summed E-state index contributed by atoms with van der Waals surface area (Å²) >= 11 is 7.48. The number of ether oxygens (including phenoxy) is 2. The van der Waals surface area contributed by atoms with Crippen LogP contribution in [-0.2, 0) is 45.2 Å². The summed E-state index contributed by atoms with van der Waals surface area (Å²) < 4.78 is 33.3. The SMILES string of the molecule is COC(=O)CCC(NC(=O)[C@H](CCC(=O)OC)NC(=S)Nc1ccc(S(N)(=O)=O)cc1)C(=O)NCc1ccc(I)cc1. The van der Waals surface area contributed by atoms with Gasteiger partial charge in [-0.3, -0.25) is 19.2 Å². The quantitative estimate of drug-likeness (QED) is 0.107. The molecule has 13 nitrogen and oxygen atoms in total. The second-order valence-corrected chi connectivity index (χ2v) is 12.1. The van der Waals surface area contributed by atoms with E-state index in [0.717, 1.165) is 9.13 Å². The number of carbonyl (C=O) groups excluding carboxylic acids is 4. The van der Waals surface area contributed by atoms with Crippen molar-refractivity contribution in [2.45, 2.75) is 49.2 Å². The Hall–Kier alpha value is -3.35. The maximum Gasteiger partial charge on any atom is 0.305 e. The van der Waals surface area contributed by atoms with E-state index < -0.39 is 45.9 Å². The summed E-state index contributed by atoms with van der Waals surface area (Å²) in [5.74, 6) is -2.30. The summed E-state index contributed by atoms with van der Waals surface area (Å²) in [4.78, 5) is 49.9. The van der Waals surface area contributed by atoms with Crippen LogP contribution in [0, 0.1) is 3.57 Å². The normalized spacial score (nSPS) is 12.3. The molecule has 42 heavy (non-hydrogen) atoms. The molecule has 0 spiro atoms. The van der Waals surface area contributed by atoms with Crippen LogP contribution in [0.1, 0.15) is 31.2 Å². The number of sulfonamides is 1. The van der Waals surface area contributed by atoms with E-state index in [-0.39, 0.29) is 42.2 Å². The van der Waals surface area contributed by atoms with Gasteiger partial charge >= 0.3 is 11.9 Å². The van der Waals surface area contributed by atoms with E-state index in [1.165, 1.54) is 38.5 Å². The van der Waals surface area contributed by atoms with Gasteiger partial charge in [-0.05, 0) is 89.6 Å². The molecule has 2 aromatic carbocycles. The third kappa shape index (κ3) is 12.3. The van der Waals surface area contributed by atoms with Crippen LogP contribution in [0.25, 0.3) is 0 Å². The predicted molar refractivity (Wildman–Crippen MR) is 166 cm³/mol. The molecular formula is C26H32IN5O8S2. The van der Waals surface area contributed by atoms with E-state index >= 15 is 0 Å². The highest BCUT2D eigenvalue weighted by Gasteiger charge is 2.27. The number of primary sulfonamides is 1. The molecule has 0 radical (unpaired) electrons. The Morgan fingerprint density at radius 1 is 0.857 bits per heavy atom. The van der Waals surface area contributed by atoms with Gasteiger partial charge in [0.25, 0.3) is 0 Å². The van der Waals surface area contributed by atoms with Crippen molar-refractivity contribution in [1.29, 1.82) is 0 Å². The summed E-state index contributed by atoms with van der Waals surface area (Å²) in [5.41, 5.74) is 1.24. The maximum absolute atomic E-state index is 13.3. The monoisotopic (exact) mass is 733 g/mol. The van der Waals surface area contributed by atoms with Gasteiger partial charge in [0.1, 0.15) is 12.1 Å². The summed E-state index contributed by atoms with van der Waals surface area (Å²) in [6, 6.07) is 10.7. The zero-order valence-corrected chi connectivity index (χ0v) is 26.6. The van der Waals surface area contributed by atoms with E-state index in [1.54, 1.807) is 0 Å². The molecule has 2 rings (SSSR count). The van der Waals surface area contributed by atoms with Crippen LogP contribution < -0.4 is 26.4 Å². The van der Waals surface area contributed by atoms with E-state index in [9.17, 15) is 27.6 Å². The molecule has 0 fully saturated rings. The van der Waals surface area contributed by atoms with Crippen molar-refractivity contribution in [3.8, 4) is 0 Å². The lowest BCUT2D eigenvalue weighted by Gasteiger charge is -2.24. The second-order valence-electron chi connectivity index (χ2n) is 8.86. The zero-order chi connectivity index (χ0) is 31.3. The van der Waals surface area contributed by atoms with Gasteiger partial charge in [-0.25, -0.2) is 13.6 Å². The van der Waals surface area contributed by atoms with Crippen molar-refractivity contribution >= 4 is 79.4 Å². The van der Waals surface area contributed by atoms with Gasteiger partial charge in [0.05, 0.1) is 19.1 Å². The van der Waals surface area contributed by atoms with Crippen molar-refractivity contribution in [3.05, 3.63) is 57.7 Å². The average molecular weight is 734 g/mol. The molecule has 228 valence electrons. The minimum atomic E-state index is -3.88. The van der Waals surface area contributed by atoms with Crippen LogP contribution in [0.4, 0.5) is 5.69 Å². The van der Waals surface area contributed by atoms with Crippen molar-refractivity contribution in [2.24, 2.45) is 5.14 Å². The number of esters is 2. The van der Waals surface area contributed by atoms with Gasteiger partial charge in [-0.1, -0.05) is 12.1 Å². The van der Waals surface area contributed by atoms with Gasteiger partial charge in [-0.2, -0.15) is 0 Å². The van der Waals surface area contributed by atoms with Crippen molar-refractivity contribution in [1.82, 2.24) is 16.0 Å². The van der Waals surface area contributed by atoms with Gasteiger partial charge in [0.2, 0.25) is 21.8 Å². The number of anilines is 1. The van der Waals surface area contributed by atoms with Crippen LogP contribution in [0.3, 0.4) is 0 Å². The smallest absolute Gasteiger partial charge is 0.305 e. The fraction of sp³-hybridized carbons (Fsp3) is 0.346. The van der Waals surface area contributed by atoms with Crippen LogP contribution in [0.5, 0.6) is 0 Å². The Morgan fingerprint density at radius 2 is 1.38 bits per heavy atom. The molecule has 0 bridgehead atoms. The third-order valence-electron chi connectivity index (χ3n) is 5.81. The first-order chi connectivity index (χ1) is 19.8. The summed E-state index contributed by atoms with van der Waals surface area (Å²) in [7, 11) is -1.45. The number of benzene rings is 2. The molecular weight excluding hydrogens is 701 g/mol. The molecule has 0 aliphatic heterocycles. The van der Waals surface area contributed by atoms with Gasteiger partial charge < -0.3 is 30.7 Å². The molecule has 0 aliphatic carbocycles. The number of hydrogen-bond donors (Lipinski definition) is 5. The van der Waals surface area contributed by atoms with Crippen LogP contribution in [0.2, 0.25) is 0 Å². The minimum absolute atomic E-state index is 0.0161. The zero-order valence-electron chi connectivity index (χ0n) is 22.8. The average Bonchev–Trinajstić information content (AvgIpc) is 2.96. The Kier molecular flexibility index (Phi) is 14.1. The fourth-order valence-electron chi connectivity index (χ4n) is 3.51. The molecule has 0 heterocycles.